The fraction of sp³-hybridized carbons (Fsp3) is 0.333. The third kappa shape index (κ3) is 2.92. The second-order valence-electron chi connectivity index (χ2n) is 3.02. The van der Waals surface area contributed by atoms with Crippen LogP contribution in [0.3, 0.4) is 0 Å². The number of phenolic OH excluding ortho intramolecular Hbond substituents is 1. The first-order chi connectivity index (χ1) is 6.39. The van der Waals surface area contributed by atoms with Crippen LogP contribution >= 0.6 is 0 Å². The number of benzene rings is 1. The van der Waals surface area contributed by atoms with E-state index in [-0.39, 0.29) is 12.2 Å². The van der Waals surface area contributed by atoms with E-state index >= 15 is 0 Å². The molecule has 0 spiro atoms. The van der Waals surface area contributed by atoms with Crippen molar-refractivity contribution in [2.75, 3.05) is 0 Å². The summed E-state index contributed by atoms with van der Waals surface area (Å²) in [6.45, 7) is 0. The minimum absolute atomic E-state index is 0.0584. The number of halogens is 3. The lowest BCUT2D eigenvalue weighted by atomic mass is 10.1. The van der Waals surface area contributed by atoms with Crippen molar-refractivity contribution in [3.63, 3.8) is 0 Å². The van der Waals surface area contributed by atoms with Crippen LogP contribution in [0.4, 0.5) is 13.2 Å². The van der Waals surface area contributed by atoms with E-state index < -0.39 is 12.2 Å². The largest absolute Gasteiger partial charge is 0.508 e. The quantitative estimate of drug-likeness (QED) is 0.773. The molecule has 0 heterocycles. The zero-order chi connectivity index (χ0) is 10.8. The van der Waals surface area contributed by atoms with Gasteiger partial charge in [-0.05, 0) is 24.1 Å². The molecular weight excluding hydrogens is 195 g/mol. The van der Waals surface area contributed by atoms with Gasteiger partial charge in [0, 0.05) is 0 Å². The average molecular weight is 205 g/mol. The molecule has 0 aliphatic heterocycles. The van der Waals surface area contributed by atoms with Crippen molar-refractivity contribution in [1.82, 2.24) is 0 Å². The molecule has 2 nitrogen and oxygen atoms in total. The normalized spacial score (nSPS) is 14.0. The average Bonchev–Trinajstić information content (AvgIpc) is 2.02. The molecule has 78 valence electrons. The molecule has 1 aromatic carbocycles. The van der Waals surface area contributed by atoms with E-state index in [1.54, 1.807) is 0 Å². The fourth-order valence-corrected chi connectivity index (χ4v) is 1.05. The van der Waals surface area contributed by atoms with E-state index in [1.807, 2.05) is 0 Å². The van der Waals surface area contributed by atoms with Gasteiger partial charge < -0.3 is 10.8 Å². The van der Waals surface area contributed by atoms with E-state index in [1.165, 1.54) is 24.3 Å². The number of hydrogen-bond donors (Lipinski definition) is 2. The highest BCUT2D eigenvalue weighted by molar-refractivity contribution is 5.27. The van der Waals surface area contributed by atoms with E-state index in [0.717, 1.165) is 0 Å². The summed E-state index contributed by atoms with van der Waals surface area (Å²) in [7, 11) is 0. The van der Waals surface area contributed by atoms with Crippen LogP contribution in [0.25, 0.3) is 0 Å². The van der Waals surface area contributed by atoms with Gasteiger partial charge in [0.2, 0.25) is 0 Å². The van der Waals surface area contributed by atoms with Gasteiger partial charge in [-0.15, -0.1) is 0 Å². The van der Waals surface area contributed by atoms with Crippen LogP contribution in [0.5, 0.6) is 5.75 Å². The van der Waals surface area contributed by atoms with Crippen molar-refractivity contribution >= 4 is 0 Å². The molecule has 0 saturated carbocycles. The molecule has 1 rings (SSSR count). The molecule has 0 fully saturated rings. The van der Waals surface area contributed by atoms with Gasteiger partial charge in [0.05, 0.1) is 0 Å². The number of hydrogen-bond acceptors (Lipinski definition) is 2. The van der Waals surface area contributed by atoms with Crippen molar-refractivity contribution in [2.45, 2.75) is 18.6 Å². The van der Waals surface area contributed by atoms with Gasteiger partial charge in [0.15, 0.2) is 0 Å². The lowest BCUT2D eigenvalue weighted by Gasteiger charge is -2.15. The van der Waals surface area contributed by atoms with Crippen molar-refractivity contribution in [1.29, 1.82) is 0 Å². The number of phenols is 1. The molecule has 0 amide bonds. The molecule has 14 heavy (non-hydrogen) atoms. The summed E-state index contributed by atoms with van der Waals surface area (Å²) in [6.07, 6.45) is -4.72. The van der Waals surface area contributed by atoms with Gasteiger partial charge in [-0.25, -0.2) is 0 Å². The van der Waals surface area contributed by atoms with Gasteiger partial charge in [-0.2, -0.15) is 13.2 Å². The molecular formula is C9H10F3NO. The molecule has 5 heteroatoms. The molecule has 1 aromatic rings. The monoisotopic (exact) mass is 205 g/mol. The predicted molar refractivity (Wildman–Crippen MR) is 45.8 cm³/mol. The lowest BCUT2D eigenvalue weighted by Crippen LogP contribution is -2.39. The summed E-state index contributed by atoms with van der Waals surface area (Å²) in [6, 6.07) is 3.75. The smallest absolute Gasteiger partial charge is 0.403 e. The molecule has 1 unspecified atom stereocenters. The van der Waals surface area contributed by atoms with Crippen LogP contribution in [0, 0.1) is 0 Å². The number of aromatic hydroxyl groups is 1. The van der Waals surface area contributed by atoms with Gasteiger partial charge in [-0.3, -0.25) is 0 Å². The van der Waals surface area contributed by atoms with Crippen LogP contribution in [0.1, 0.15) is 5.56 Å². The minimum Gasteiger partial charge on any atom is -0.508 e. The van der Waals surface area contributed by atoms with Gasteiger partial charge in [0.25, 0.3) is 0 Å². The highest BCUT2D eigenvalue weighted by atomic mass is 19.4. The van der Waals surface area contributed by atoms with Gasteiger partial charge in [0.1, 0.15) is 11.8 Å². The minimum atomic E-state index is -4.40. The zero-order valence-corrected chi connectivity index (χ0v) is 7.25. The highest BCUT2D eigenvalue weighted by Crippen LogP contribution is 2.22. The van der Waals surface area contributed by atoms with Crippen LogP contribution in [-0.4, -0.2) is 17.3 Å². The van der Waals surface area contributed by atoms with Crippen molar-refractivity contribution in [3.05, 3.63) is 29.8 Å². The molecule has 3 N–H and O–H groups in total. The predicted octanol–water partition coefficient (Wildman–Crippen LogP) is 1.82. The Morgan fingerprint density at radius 2 is 2.00 bits per heavy atom. The molecule has 0 aliphatic rings. The Labute approximate surface area is 79.2 Å². The molecule has 0 bridgehead atoms. The number of alkyl halides is 3. The fourth-order valence-electron chi connectivity index (χ4n) is 1.05. The Morgan fingerprint density at radius 1 is 1.36 bits per heavy atom. The van der Waals surface area contributed by atoms with E-state index in [9.17, 15) is 13.2 Å². The zero-order valence-electron chi connectivity index (χ0n) is 7.25. The Kier molecular flexibility index (Phi) is 3.00. The van der Waals surface area contributed by atoms with Crippen molar-refractivity contribution in [3.8, 4) is 5.75 Å². The van der Waals surface area contributed by atoms with Crippen LogP contribution in [0.15, 0.2) is 24.3 Å². The Bertz CT molecular complexity index is 311. The lowest BCUT2D eigenvalue weighted by molar-refractivity contribution is -0.147. The topological polar surface area (TPSA) is 46.2 Å². The molecule has 0 radical (unpaired) electrons. The summed E-state index contributed by atoms with van der Waals surface area (Å²) < 4.78 is 36.1. The standard InChI is InChI=1S/C9H10F3NO/c10-9(11,12)8(13)5-6-2-1-3-7(14)4-6/h1-4,8,14H,5,13H2. The molecule has 1 atom stereocenters. The molecule has 0 aliphatic carbocycles. The van der Waals surface area contributed by atoms with Crippen LogP contribution < -0.4 is 5.73 Å². The van der Waals surface area contributed by atoms with E-state index in [2.05, 4.69) is 0 Å². The maximum absolute atomic E-state index is 12.0. The first-order valence-corrected chi connectivity index (χ1v) is 4.00. The Hall–Kier alpha value is -1.23. The highest BCUT2D eigenvalue weighted by Gasteiger charge is 2.36. The number of rotatable bonds is 2. The summed E-state index contributed by atoms with van der Waals surface area (Å²) in [5.41, 5.74) is 5.30. The van der Waals surface area contributed by atoms with E-state index in [0.29, 0.717) is 5.56 Å². The third-order valence-electron chi connectivity index (χ3n) is 1.79. The van der Waals surface area contributed by atoms with Gasteiger partial charge >= 0.3 is 6.18 Å². The van der Waals surface area contributed by atoms with E-state index in [4.69, 9.17) is 10.8 Å². The maximum atomic E-state index is 12.0. The summed E-state index contributed by atoms with van der Waals surface area (Å²) in [5, 5.41) is 9.01. The first-order valence-electron chi connectivity index (χ1n) is 4.00. The Balaban J connectivity index is 2.70. The number of nitrogens with two attached hydrogens (primary N) is 1. The van der Waals surface area contributed by atoms with Crippen molar-refractivity contribution < 1.29 is 18.3 Å². The van der Waals surface area contributed by atoms with Gasteiger partial charge in [-0.1, -0.05) is 12.1 Å². The first kappa shape index (κ1) is 10.8. The second-order valence-corrected chi connectivity index (χ2v) is 3.02. The van der Waals surface area contributed by atoms with Crippen LogP contribution in [0.2, 0.25) is 0 Å². The maximum Gasteiger partial charge on any atom is 0.403 e. The summed E-state index contributed by atoms with van der Waals surface area (Å²) in [5.74, 6) is -0.0584. The summed E-state index contributed by atoms with van der Waals surface area (Å²) in [4.78, 5) is 0. The second kappa shape index (κ2) is 3.88. The summed E-state index contributed by atoms with van der Waals surface area (Å²) >= 11 is 0. The SMILES string of the molecule is NC(Cc1cccc(O)c1)C(F)(F)F. The van der Waals surface area contributed by atoms with Crippen LogP contribution in [-0.2, 0) is 6.42 Å². The molecule has 0 aromatic heterocycles. The Morgan fingerprint density at radius 3 is 2.50 bits per heavy atom. The molecule has 0 saturated heterocycles. The third-order valence-corrected chi connectivity index (χ3v) is 1.79. The van der Waals surface area contributed by atoms with Crippen molar-refractivity contribution in [2.24, 2.45) is 5.73 Å².